The second kappa shape index (κ2) is 6.44. The molecule has 1 rings (SSSR count). The molecule has 1 unspecified atom stereocenters. The first kappa shape index (κ1) is 13.8. The maximum Gasteiger partial charge on any atom is 0.405 e. The van der Waals surface area contributed by atoms with Crippen LogP contribution in [0.3, 0.4) is 0 Å². The van der Waals surface area contributed by atoms with Gasteiger partial charge in [-0.2, -0.15) is 0 Å². The number of amides is 2. The smallest absolute Gasteiger partial charge is 0.405 e. The van der Waals surface area contributed by atoms with Crippen LogP contribution in [0.2, 0.25) is 0 Å². The number of likely N-dealkylation sites (tertiary alicyclic amines) is 1. The molecule has 6 heteroatoms. The molecule has 1 saturated heterocycles. The Morgan fingerprint density at radius 1 is 1.41 bits per heavy atom. The van der Waals surface area contributed by atoms with Gasteiger partial charge in [0.2, 0.25) is 5.91 Å². The molecule has 3 N–H and O–H groups in total. The second-order valence-corrected chi connectivity index (χ2v) is 4.52. The Bertz CT molecular complexity index is 275. The minimum atomic E-state index is -1.23. The van der Waals surface area contributed by atoms with E-state index < -0.39 is 12.1 Å². The van der Waals surface area contributed by atoms with Crippen molar-refractivity contribution in [2.24, 2.45) is 5.92 Å². The maximum absolute atomic E-state index is 12.0. The highest BCUT2D eigenvalue weighted by Gasteiger charge is 2.27. The molecule has 0 saturated carbocycles. The van der Waals surface area contributed by atoms with Crippen LogP contribution < -0.4 is 5.32 Å². The van der Waals surface area contributed by atoms with Crippen LogP contribution in [0.5, 0.6) is 0 Å². The predicted molar refractivity (Wildman–Crippen MR) is 61.6 cm³/mol. The minimum absolute atomic E-state index is 0.122. The fourth-order valence-electron chi connectivity index (χ4n) is 1.98. The molecule has 6 nitrogen and oxygen atoms in total. The van der Waals surface area contributed by atoms with Crippen molar-refractivity contribution in [3.05, 3.63) is 0 Å². The van der Waals surface area contributed by atoms with E-state index in [2.05, 4.69) is 12.2 Å². The van der Waals surface area contributed by atoms with E-state index in [1.165, 1.54) is 0 Å². The Balaban J connectivity index is 2.54. The number of carboxylic acid groups (broad SMARTS) is 1. The zero-order valence-electron chi connectivity index (χ0n) is 10.1. The Morgan fingerprint density at radius 3 is 2.47 bits per heavy atom. The SMILES string of the molecule is CC1CCN(C(=O)C(CCO)NC(=O)O)CC1. The van der Waals surface area contributed by atoms with Gasteiger partial charge in [-0.05, 0) is 25.2 Å². The molecule has 2 amide bonds. The van der Waals surface area contributed by atoms with Gasteiger partial charge in [-0.15, -0.1) is 0 Å². The van der Waals surface area contributed by atoms with Gasteiger partial charge in [0, 0.05) is 19.7 Å². The zero-order valence-corrected chi connectivity index (χ0v) is 10.1. The monoisotopic (exact) mass is 244 g/mol. The molecule has 0 radical (unpaired) electrons. The van der Waals surface area contributed by atoms with E-state index in [0.717, 1.165) is 12.8 Å². The van der Waals surface area contributed by atoms with Crippen molar-refractivity contribution in [3.8, 4) is 0 Å². The molecule has 1 heterocycles. The first-order valence-corrected chi connectivity index (χ1v) is 5.93. The van der Waals surface area contributed by atoms with Crippen molar-refractivity contribution in [3.63, 3.8) is 0 Å². The maximum atomic E-state index is 12.0. The van der Waals surface area contributed by atoms with Gasteiger partial charge in [-0.1, -0.05) is 6.92 Å². The Kier molecular flexibility index (Phi) is 5.21. The first-order valence-electron chi connectivity index (χ1n) is 5.93. The number of hydrogen-bond acceptors (Lipinski definition) is 3. The quantitative estimate of drug-likeness (QED) is 0.662. The van der Waals surface area contributed by atoms with Crippen LogP contribution >= 0.6 is 0 Å². The number of piperidine rings is 1. The van der Waals surface area contributed by atoms with Gasteiger partial charge in [0.05, 0.1) is 0 Å². The summed E-state index contributed by atoms with van der Waals surface area (Å²) in [5.74, 6) is 0.385. The molecular formula is C11H20N2O4. The molecule has 1 aliphatic heterocycles. The second-order valence-electron chi connectivity index (χ2n) is 4.52. The van der Waals surface area contributed by atoms with Gasteiger partial charge in [0.25, 0.3) is 0 Å². The molecule has 0 bridgehead atoms. The van der Waals surface area contributed by atoms with E-state index in [0.29, 0.717) is 19.0 Å². The number of rotatable bonds is 4. The molecule has 0 aromatic heterocycles. The highest BCUT2D eigenvalue weighted by molar-refractivity contribution is 5.85. The summed E-state index contributed by atoms with van der Waals surface area (Å²) in [6, 6.07) is -0.828. The number of aliphatic hydroxyl groups excluding tert-OH is 1. The van der Waals surface area contributed by atoms with Gasteiger partial charge in [-0.3, -0.25) is 4.79 Å². The summed E-state index contributed by atoms with van der Waals surface area (Å²) in [5.41, 5.74) is 0. The van der Waals surface area contributed by atoms with Gasteiger partial charge in [0.15, 0.2) is 0 Å². The number of nitrogens with one attached hydrogen (secondary N) is 1. The number of carbonyl (C=O) groups excluding carboxylic acids is 1. The van der Waals surface area contributed by atoms with Crippen molar-refractivity contribution in [2.75, 3.05) is 19.7 Å². The van der Waals surface area contributed by atoms with Crippen LogP contribution in [-0.2, 0) is 4.79 Å². The lowest BCUT2D eigenvalue weighted by Crippen LogP contribution is -2.50. The Labute approximate surface area is 101 Å². The minimum Gasteiger partial charge on any atom is -0.465 e. The van der Waals surface area contributed by atoms with Crippen molar-refractivity contribution in [1.82, 2.24) is 10.2 Å². The summed E-state index contributed by atoms with van der Waals surface area (Å²) in [6.07, 6.45) is 0.786. The van der Waals surface area contributed by atoms with E-state index >= 15 is 0 Å². The van der Waals surface area contributed by atoms with Crippen LogP contribution in [0, 0.1) is 5.92 Å². The third-order valence-electron chi connectivity index (χ3n) is 3.11. The van der Waals surface area contributed by atoms with Crippen molar-refractivity contribution in [1.29, 1.82) is 0 Å². The summed E-state index contributed by atoms with van der Waals surface area (Å²) in [5, 5.41) is 19.6. The van der Waals surface area contributed by atoms with E-state index in [1.54, 1.807) is 4.90 Å². The lowest BCUT2D eigenvalue weighted by atomic mass is 9.98. The Morgan fingerprint density at radius 2 is 2.00 bits per heavy atom. The van der Waals surface area contributed by atoms with Gasteiger partial charge >= 0.3 is 6.09 Å². The highest BCUT2D eigenvalue weighted by Crippen LogP contribution is 2.17. The summed E-state index contributed by atoms with van der Waals surface area (Å²) < 4.78 is 0. The summed E-state index contributed by atoms with van der Waals surface area (Å²) >= 11 is 0. The largest absolute Gasteiger partial charge is 0.465 e. The van der Waals surface area contributed by atoms with Crippen molar-refractivity contribution < 1.29 is 19.8 Å². The van der Waals surface area contributed by atoms with Gasteiger partial charge in [0.1, 0.15) is 6.04 Å². The molecule has 1 atom stereocenters. The third kappa shape index (κ3) is 4.22. The number of hydrogen-bond donors (Lipinski definition) is 3. The predicted octanol–water partition coefficient (Wildman–Crippen LogP) is 0.263. The standard InChI is InChI=1S/C11H20N2O4/c1-8-2-5-13(6-3-8)10(15)9(4-7-14)12-11(16)17/h8-9,12,14H,2-7H2,1H3,(H,16,17). The molecular weight excluding hydrogens is 224 g/mol. The zero-order chi connectivity index (χ0) is 12.8. The number of nitrogens with zero attached hydrogens (tertiary/aromatic N) is 1. The number of carbonyl (C=O) groups is 2. The van der Waals surface area contributed by atoms with Crippen molar-refractivity contribution in [2.45, 2.75) is 32.2 Å². The third-order valence-corrected chi connectivity index (χ3v) is 3.11. The fourth-order valence-corrected chi connectivity index (χ4v) is 1.98. The highest BCUT2D eigenvalue weighted by atomic mass is 16.4. The van der Waals surface area contributed by atoms with Crippen molar-refractivity contribution >= 4 is 12.0 Å². The van der Waals surface area contributed by atoms with Crippen LogP contribution in [0.1, 0.15) is 26.2 Å². The Hall–Kier alpha value is -1.30. The van der Waals surface area contributed by atoms with Crippen LogP contribution in [0.25, 0.3) is 0 Å². The summed E-state index contributed by atoms with van der Waals surface area (Å²) in [4.78, 5) is 24.3. The van der Waals surface area contributed by atoms with Gasteiger partial charge < -0.3 is 20.4 Å². The molecule has 0 spiro atoms. The molecule has 1 aliphatic rings. The lowest BCUT2D eigenvalue weighted by molar-refractivity contribution is -0.135. The molecule has 98 valence electrons. The molecule has 0 aliphatic carbocycles. The molecule has 0 aromatic carbocycles. The topological polar surface area (TPSA) is 89.9 Å². The van der Waals surface area contributed by atoms with E-state index in [4.69, 9.17) is 10.2 Å². The van der Waals surface area contributed by atoms with E-state index in [9.17, 15) is 9.59 Å². The fraction of sp³-hybridized carbons (Fsp3) is 0.818. The molecule has 0 aromatic rings. The molecule has 1 fully saturated rings. The summed E-state index contributed by atoms with van der Waals surface area (Å²) in [7, 11) is 0. The first-order chi connectivity index (χ1) is 8.04. The van der Waals surface area contributed by atoms with Crippen LogP contribution in [0.4, 0.5) is 4.79 Å². The average Bonchev–Trinajstić information content (AvgIpc) is 2.28. The lowest BCUT2D eigenvalue weighted by Gasteiger charge is -2.32. The van der Waals surface area contributed by atoms with Crippen LogP contribution in [-0.4, -0.2) is 52.9 Å². The van der Waals surface area contributed by atoms with Crippen LogP contribution in [0.15, 0.2) is 0 Å². The van der Waals surface area contributed by atoms with E-state index in [-0.39, 0.29) is 18.9 Å². The summed E-state index contributed by atoms with van der Waals surface area (Å²) in [6.45, 7) is 3.27. The van der Waals surface area contributed by atoms with Gasteiger partial charge in [-0.25, -0.2) is 4.79 Å². The van der Waals surface area contributed by atoms with E-state index in [1.807, 2.05) is 0 Å². The average molecular weight is 244 g/mol. The molecule has 17 heavy (non-hydrogen) atoms. The normalized spacial score (nSPS) is 18.8. The number of aliphatic hydroxyl groups is 1.